The highest BCUT2D eigenvalue weighted by molar-refractivity contribution is 6.31. The van der Waals surface area contributed by atoms with E-state index in [-0.39, 0.29) is 18.6 Å². The molecule has 0 aliphatic carbocycles. The van der Waals surface area contributed by atoms with Crippen LogP contribution in [0.5, 0.6) is 11.5 Å². The standard InChI is InChI=1S/C28H29Cl2N3O3/c1-19-17-23(13-14-24(19)30)35-16-6-5-15-33-26-8-4-3-7-25(26)32-28(33)20(2)31-27(34)18-36-22-11-9-21(29)10-12-22/h3-4,7-14,17,20H,5-6,15-16,18H2,1-2H3,(H,31,34). The topological polar surface area (TPSA) is 65.4 Å². The van der Waals surface area contributed by atoms with Gasteiger partial charge in [-0.1, -0.05) is 35.3 Å². The first-order valence-corrected chi connectivity index (χ1v) is 12.7. The van der Waals surface area contributed by atoms with Crippen molar-refractivity contribution >= 4 is 40.1 Å². The van der Waals surface area contributed by atoms with Gasteiger partial charge in [-0.15, -0.1) is 0 Å². The van der Waals surface area contributed by atoms with E-state index in [0.717, 1.165) is 52.6 Å². The van der Waals surface area contributed by atoms with E-state index in [0.29, 0.717) is 17.4 Å². The molecule has 0 bridgehead atoms. The Morgan fingerprint density at radius 2 is 1.75 bits per heavy atom. The zero-order valence-corrected chi connectivity index (χ0v) is 21.9. The van der Waals surface area contributed by atoms with Crippen molar-refractivity contribution in [2.45, 2.75) is 39.3 Å². The fourth-order valence-corrected chi connectivity index (χ4v) is 4.20. The first kappa shape index (κ1) is 25.9. The smallest absolute Gasteiger partial charge is 0.258 e. The third-order valence-electron chi connectivity index (χ3n) is 5.81. The van der Waals surface area contributed by atoms with Crippen LogP contribution in [0.25, 0.3) is 11.0 Å². The minimum atomic E-state index is -0.285. The third kappa shape index (κ3) is 6.71. The monoisotopic (exact) mass is 525 g/mol. The molecule has 1 unspecified atom stereocenters. The molecule has 0 saturated carbocycles. The molecule has 8 heteroatoms. The lowest BCUT2D eigenvalue weighted by Gasteiger charge is -2.17. The van der Waals surface area contributed by atoms with Crippen LogP contribution in [-0.4, -0.2) is 28.7 Å². The zero-order chi connectivity index (χ0) is 25.5. The molecule has 1 amide bonds. The number of unbranched alkanes of at least 4 members (excludes halogenated alkanes) is 1. The number of fused-ring (bicyclic) bond motifs is 1. The molecule has 0 aliphatic heterocycles. The minimum absolute atomic E-state index is 0.0896. The molecule has 0 saturated heterocycles. The normalized spacial score (nSPS) is 11.9. The number of aromatic nitrogens is 2. The molecule has 0 radical (unpaired) electrons. The second-order valence-electron chi connectivity index (χ2n) is 8.61. The number of hydrogen-bond donors (Lipinski definition) is 1. The van der Waals surface area contributed by atoms with Crippen molar-refractivity contribution in [2.24, 2.45) is 0 Å². The largest absolute Gasteiger partial charge is 0.494 e. The van der Waals surface area contributed by atoms with Gasteiger partial charge in [0.1, 0.15) is 17.3 Å². The summed E-state index contributed by atoms with van der Waals surface area (Å²) in [6, 6.07) is 20.3. The van der Waals surface area contributed by atoms with Crippen LogP contribution in [0, 0.1) is 6.92 Å². The molecule has 0 aliphatic rings. The van der Waals surface area contributed by atoms with Gasteiger partial charge in [-0.25, -0.2) is 4.98 Å². The van der Waals surface area contributed by atoms with Gasteiger partial charge < -0.3 is 19.4 Å². The SMILES string of the molecule is Cc1cc(OCCCCn2c(C(C)NC(=O)COc3ccc(Cl)cc3)nc3ccccc32)ccc1Cl. The van der Waals surface area contributed by atoms with E-state index in [1.165, 1.54) is 0 Å². The van der Waals surface area contributed by atoms with Gasteiger partial charge in [0, 0.05) is 16.6 Å². The predicted octanol–water partition coefficient (Wildman–Crippen LogP) is 6.77. The lowest BCUT2D eigenvalue weighted by Crippen LogP contribution is -2.32. The van der Waals surface area contributed by atoms with Gasteiger partial charge in [-0.3, -0.25) is 4.79 Å². The van der Waals surface area contributed by atoms with Crippen LogP contribution in [0.1, 0.15) is 37.2 Å². The quantitative estimate of drug-likeness (QED) is 0.219. The molecule has 1 atom stereocenters. The number of carbonyl (C=O) groups excluding carboxylic acids is 1. The number of aryl methyl sites for hydroxylation is 2. The summed E-state index contributed by atoms with van der Waals surface area (Å²) in [6.45, 7) is 5.18. The van der Waals surface area contributed by atoms with Gasteiger partial charge in [0.2, 0.25) is 0 Å². The van der Waals surface area contributed by atoms with Crippen molar-refractivity contribution in [1.82, 2.24) is 14.9 Å². The Bertz CT molecular complexity index is 1320. The van der Waals surface area contributed by atoms with Crippen LogP contribution >= 0.6 is 23.2 Å². The molecule has 1 aromatic heterocycles. The first-order chi connectivity index (χ1) is 17.4. The van der Waals surface area contributed by atoms with Crippen molar-refractivity contribution in [3.05, 3.63) is 88.2 Å². The summed E-state index contributed by atoms with van der Waals surface area (Å²) in [5.41, 5.74) is 2.94. The van der Waals surface area contributed by atoms with Gasteiger partial charge in [0.25, 0.3) is 5.91 Å². The number of benzene rings is 3. The van der Waals surface area contributed by atoms with E-state index < -0.39 is 0 Å². The van der Waals surface area contributed by atoms with E-state index in [4.69, 9.17) is 37.7 Å². The molecule has 3 aromatic carbocycles. The average molecular weight is 526 g/mol. The summed E-state index contributed by atoms with van der Waals surface area (Å²) in [7, 11) is 0. The van der Waals surface area contributed by atoms with E-state index in [1.807, 2.05) is 50.2 Å². The van der Waals surface area contributed by atoms with E-state index >= 15 is 0 Å². The van der Waals surface area contributed by atoms with Gasteiger partial charge in [0.05, 0.1) is 23.7 Å². The number of para-hydroxylation sites is 2. The highest BCUT2D eigenvalue weighted by Gasteiger charge is 2.18. The maximum absolute atomic E-state index is 12.5. The lowest BCUT2D eigenvalue weighted by molar-refractivity contribution is -0.123. The van der Waals surface area contributed by atoms with E-state index in [9.17, 15) is 4.79 Å². The summed E-state index contributed by atoms with van der Waals surface area (Å²) in [4.78, 5) is 17.4. The van der Waals surface area contributed by atoms with Crippen LogP contribution in [0.4, 0.5) is 0 Å². The highest BCUT2D eigenvalue weighted by Crippen LogP contribution is 2.23. The Hall–Kier alpha value is -3.22. The van der Waals surface area contributed by atoms with E-state index in [1.54, 1.807) is 24.3 Å². The highest BCUT2D eigenvalue weighted by atomic mass is 35.5. The lowest BCUT2D eigenvalue weighted by atomic mass is 10.2. The molecule has 1 heterocycles. The number of rotatable bonds is 11. The number of nitrogens with one attached hydrogen (secondary N) is 1. The molecule has 36 heavy (non-hydrogen) atoms. The Balaban J connectivity index is 1.34. The molecule has 6 nitrogen and oxygen atoms in total. The van der Waals surface area contributed by atoms with Gasteiger partial charge in [-0.05, 0) is 86.8 Å². The Morgan fingerprint density at radius 1 is 1.00 bits per heavy atom. The summed E-state index contributed by atoms with van der Waals surface area (Å²) < 4.78 is 13.6. The maximum Gasteiger partial charge on any atom is 0.258 e. The molecular weight excluding hydrogens is 497 g/mol. The van der Waals surface area contributed by atoms with Crippen LogP contribution in [0.2, 0.25) is 10.0 Å². The Labute approximate surface area is 221 Å². The number of imidazole rings is 1. The van der Waals surface area contributed by atoms with Crippen LogP contribution < -0.4 is 14.8 Å². The number of ether oxygens (including phenoxy) is 2. The van der Waals surface area contributed by atoms with Crippen molar-refractivity contribution in [3.63, 3.8) is 0 Å². The van der Waals surface area contributed by atoms with Crippen molar-refractivity contribution in [1.29, 1.82) is 0 Å². The number of nitrogens with zero attached hydrogens (tertiary/aromatic N) is 2. The summed E-state index contributed by atoms with van der Waals surface area (Å²) in [5, 5.41) is 4.36. The zero-order valence-electron chi connectivity index (χ0n) is 20.3. The van der Waals surface area contributed by atoms with Crippen molar-refractivity contribution < 1.29 is 14.3 Å². The molecule has 0 spiro atoms. The molecule has 4 aromatic rings. The summed E-state index contributed by atoms with van der Waals surface area (Å²) >= 11 is 12.0. The van der Waals surface area contributed by atoms with Crippen LogP contribution in [-0.2, 0) is 11.3 Å². The van der Waals surface area contributed by atoms with Gasteiger partial charge in [0.15, 0.2) is 6.61 Å². The van der Waals surface area contributed by atoms with Crippen LogP contribution in [0.3, 0.4) is 0 Å². The van der Waals surface area contributed by atoms with Crippen molar-refractivity contribution in [3.8, 4) is 11.5 Å². The predicted molar refractivity (Wildman–Crippen MR) is 144 cm³/mol. The second kappa shape index (κ2) is 12.2. The third-order valence-corrected chi connectivity index (χ3v) is 6.48. The molecule has 0 fully saturated rings. The number of halogens is 2. The van der Waals surface area contributed by atoms with Gasteiger partial charge in [-0.2, -0.15) is 0 Å². The Morgan fingerprint density at radius 3 is 2.53 bits per heavy atom. The number of hydrogen-bond acceptors (Lipinski definition) is 4. The summed E-state index contributed by atoms with van der Waals surface area (Å²) in [6.07, 6.45) is 1.78. The first-order valence-electron chi connectivity index (χ1n) is 11.9. The van der Waals surface area contributed by atoms with Gasteiger partial charge >= 0.3 is 0 Å². The molecular formula is C28H29Cl2N3O3. The molecule has 4 rings (SSSR count). The fourth-order valence-electron chi connectivity index (χ4n) is 3.96. The molecule has 188 valence electrons. The number of amides is 1. The Kier molecular flexibility index (Phi) is 8.73. The summed E-state index contributed by atoms with van der Waals surface area (Å²) in [5.74, 6) is 2.00. The average Bonchev–Trinajstić information content (AvgIpc) is 3.24. The maximum atomic E-state index is 12.5. The molecule has 1 N–H and O–H groups in total. The fraction of sp³-hybridized carbons (Fsp3) is 0.286. The number of carbonyl (C=O) groups is 1. The minimum Gasteiger partial charge on any atom is -0.494 e. The van der Waals surface area contributed by atoms with Crippen LogP contribution in [0.15, 0.2) is 66.7 Å². The second-order valence-corrected chi connectivity index (χ2v) is 9.45. The van der Waals surface area contributed by atoms with E-state index in [2.05, 4.69) is 16.0 Å². The van der Waals surface area contributed by atoms with Crippen molar-refractivity contribution in [2.75, 3.05) is 13.2 Å².